The number of likely N-dealkylation sites (tertiary alicyclic amines) is 1. The molecular formula is C25H32N2O4S. The Morgan fingerprint density at radius 1 is 1.03 bits per heavy atom. The molecule has 0 radical (unpaired) electrons. The van der Waals surface area contributed by atoms with E-state index < -0.39 is 20.9 Å². The van der Waals surface area contributed by atoms with Crippen LogP contribution < -0.4 is 0 Å². The van der Waals surface area contributed by atoms with Crippen molar-refractivity contribution in [3.63, 3.8) is 0 Å². The number of carbonyl (C=O) groups is 1. The van der Waals surface area contributed by atoms with Gasteiger partial charge in [-0.1, -0.05) is 54.6 Å². The molecule has 2 aliphatic rings. The van der Waals surface area contributed by atoms with Crippen molar-refractivity contribution in [3.05, 3.63) is 71.3 Å². The molecule has 172 valence electrons. The molecule has 2 heterocycles. The SMILES string of the molecule is CC(=O)N1CCC(O)(c2ccc(CN3[C@@H](C)CCC(c4ccccc4)S3(=O)=O)cc2)CC1. The Balaban J connectivity index is 1.49. The van der Waals surface area contributed by atoms with E-state index in [1.807, 2.05) is 61.5 Å². The molecule has 0 spiro atoms. The monoisotopic (exact) mass is 456 g/mol. The van der Waals surface area contributed by atoms with Crippen LogP contribution in [-0.2, 0) is 27.0 Å². The van der Waals surface area contributed by atoms with Crippen molar-refractivity contribution < 1.29 is 18.3 Å². The number of hydrogen-bond donors (Lipinski definition) is 1. The molecule has 2 fully saturated rings. The third-order valence-electron chi connectivity index (χ3n) is 7.06. The summed E-state index contributed by atoms with van der Waals surface area (Å²) in [5.74, 6) is 0.0352. The van der Waals surface area contributed by atoms with E-state index in [2.05, 4.69) is 0 Å². The highest BCUT2D eigenvalue weighted by Crippen LogP contribution is 2.38. The van der Waals surface area contributed by atoms with Crippen LogP contribution in [0.25, 0.3) is 0 Å². The van der Waals surface area contributed by atoms with Gasteiger partial charge < -0.3 is 10.0 Å². The molecule has 0 bridgehead atoms. The maximum absolute atomic E-state index is 13.4. The number of sulfonamides is 1. The molecule has 1 N–H and O–H groups in total. The number of hydrogen-bond acceptors (Lipinski definition) is 4. The summed E-state index contributed by atoms with van der Waals surface area (Å²) in [6.45, 7) is 4.93. The fourth-order valence-corrected chi connectivity index (χ4v) is 7.13. The Labute approximate surface area is 190 Å². The van der Waals surface area contributed by atoms with Crippen molar-refractivity contribution in [1.29, 1.82) is 0 Å². The van der Waals surface area contributed by atoms with Gasteiger partial charge in [0.25, 0.3) is 0 Å². The summed E-state index contributed by atoms with van der Waals surface area (Å²) in [5, 5.41) is 10.6. The summed E-state index contributed by atoms with van der Waals surface area (Å²) in [6.07, 6.45) is 2.46. The van der Waals surface area contributed by atoms with E-state index in [1.165, 1.54) is 0 Å². The lowest BCUT2D eigenvalue weighted by atomic mass is 9.84. The molecule has 2 aliphatic heterocycles. The first-order valence-corrected chi connectivity index (χ1v) is 12.8. The van der Waals surface area contributed by atoms with Gasteiger partial charge in [-0.05, 0) is 49.3 Å². The molecule has 4 rings (SSSR count). The predicted octanol–water partition coefficient (Wildman–Crippen LogP) is 3.57. The van der Waals surface area contributed by atoms with Crippen LogP contribution in [0.5, 0.6) is 0 Å². The second-order valence-corrected chi connectivity index (χ2v) is 11.2. The molecule has 2 aromatic carbocycles. The first kappa shape index (κ1) is 23.0. The highest BCUT2D eigenvalue weighted by Gasteiger charge is 2.40. The minimum atomic E-state index is -3.48. The topological polar surface area (TPSA) is 77.9 Å². The van der Waals surface area contributed by atoms with Crippen LogP contribution >= 0.6 is 0 Å². The van der Waals surface area contributed by atoms with Crippen LogP contribution in [0.4, 0.5) is 0 Å². The first-order valence-electron chi connectivity index (χ1n) is 11.3. The van der Waals surface area contributed by atoms with Crippen molar-refractivity contribution >= 4 is 15.9 Å². The largest absolute Gasteiger partial charge is 0.385 e. The molecule has 2 atom stereocenters. The smallest absolute Gasteiger partial charge is 0.221 e. The van der Waals surface area contributed by atoms with Gasteiger partial charge in [0.15, 0.2) is 0 Å². The third-order valence-corrected chi connectivity index (χ3v) is 9.43. The number of amides is 1. The Morgan fingerprint density at radius 2 is 1.66 bits per heavy atom. The second-order valence-electron chi connectivity index (χ2n) is 9.15. The molecule has 2 saturated heterocycles. The van der Waals surface area contributed by atoms with Gasteiger partial charge in [0, 0.05) is 32.6 Å². The average Bonchev–Trinajstić information content (AvgIpc) is 2.78. The number of nitrogens with zero attached hydrogens (tertiary/aromatic N) is 2. The molecule has 1 amide bonds. The van der Waals surface area contributed by atoms with Crippen molar-refractivity contribution in [2.24, 2.45) is 0 Å². The lowest BCUT2D eigenvalue weighted by Gasteiger charge is -2.39. The predicted molar refractivity (Wildman–Crippen MR) is 124 cm³/mol. The number of benzene rings is 2. The van der Waals surface area contributed by atoms with Crippen molar-refractivity contribution in [2.45, 2.75) is 63.0 Å². The lowest BCUT2D eigenvalue weighted by Crippen LogP contribution is -2.45. The molecule has 1 unspecified atom stereocenters. The van der Waals surface area contributed by atoms with E-state index in [4.69, 9.17) is 0 Å². The second kappa shape index (κ2) is 8.96. The third kappa shape index (κ3) is 4.47. The molecule has 6 nitrogen and oxygen atoms in total. The van der Waals surface area contributed by atoms with Crippen molar-refractivity contribution in [1.82, 2.24) is 9.21 Å². The minimum absolute atomic E-state index is 0.0352. The highest BCUT2D eigenvalue weighted by atomic mass is 32.2. The summed E-state index contributed by atoms with van der Waals surface area (Å²) >= 11 is 0. The fourth-order valence-electron chi connectivity index (χ4n) is 4.93. The summed E-state index contributed by atoms with van der Waals surface area (Å²) in [5.41, 5.74) is 1.62. The van der Waals surface area contributed by atoms with Crippen LogP contribution in [0, 0.1) is 0 Å². The fraction of sp³-hybridized carbons (Fsp3) is 0.480. The zero-order valence-corrected chi connectivity index (χ0v) is 19.6. The Bertz CT molecular complexity index is 1050. The van der Waals surface area contributed by atoms with E-state index in [0.29, 0.717) is 38.9 Å². The summed E-state index contributed by atoms with van der Waals surface area (Å²) < 4.78 is 28.5. The van der Waals surface area contributed by atoms with Crippen LogP contribution in [0.15, 0.2) is 54.6 Å². The van der Waals surface area contributed by atoms with Gasteiger partial charge in [0.05, 0.1) is 5.60 Å². The number of carbonyl (C=O) groups excluding carboxylic acids is 1. The molecule has 0 aromatic heterocycles. The van der Waals surface area contributed by atoms with Gasteiger partial charge in [-0.25, -0.2) is 8.42 Å². The van der Waals surface area contributed by atoms with Crippen LogP contribution in [0.1, 0.15) is 61.5 Å². The quantitative estimate of drug-likeness (QED) is 0.763. The number of aliphatic hydroxyl groups is 1. The van der Waals surface area contributed by atoms with E-state index in [9.17, 15) is 18.3 Å². The lowest BCUT2D eigenvalue weighted by molar-refractivity contribution is -0.133. The van der Waals surface area contributed by atoms with Crippen LogP contribution in [0.2, 0.25) is 0 Å². The molecule has 0 aliphatic carbocycles. The molecule has 0 saturated carbocycles. The van der Waals surface area contributed by atoms with Gasteiger partial charge in [-0.2, -0.15) is 4.31 Å². The molecule has 7 heteroatoms. The average molecular weight is 457 g/mol. The maximum Gasteiger partial charge on any atom is 0.221 e. The zero-order valence-electron chi connectivity index (χ0n) is 18.8. The van der Waals surface area contributed by atoms with E-state index in [-0.39, 0.29) is 11.9 Å². The Kier molecular flexibility index (Phi) is 6.43. The Morgan fingerprint density at radius 3 is 2.25 bits per heavy atom. The summed E-state index contributed by atoms with van der Waals surface area (Å²) in [6, 6.07) is 17.0. The number of rotatable bonds is 4. The first-order chi connectivity index (χ1) is 15.2. The van der Waals surface area contributed by atoms with Gasteiger partial charge in [0.1, 0.15) is 5.25 Å². The van der Waals surface area contributed by atoms with Gasteiger partial charge >= 0.3 is 0 Å². The highest BCUT2D eigenvalue weighted by molar-refractivity contribution is 7.89. The van der Waals surface area contributed by atoms with Gasteiger partial charge in [0.2, 0.25) is 15.9 Å². The van der Waals surface area contributed by atoms with Crippen molar-refractivity contribution in [3.8, 4) is 0 Å². The number of piperidine rings is 1. The molecular weight excluding hydrogens is 424 g/mol. The van der Waals surface area contributed by atoms with Gasteiger partial charge in [-0.15, -0.1) is 0 Å². The molecule has 2 aromatic rings. The Hall–Kier alpha value is -2.22. The van der Waals surface area contributed by atoms with E-state index in [1.54, 1.807) is 16.1 Å². The standard InChI is InChI=1S/C25H32N2O4S/c1-19-8-13-24(22-6-4-3-5-7-22)32(30,31)27(19)18-21-9-11-23(12-10-21)25(29)14-16-26(17-15-25)20(2)28/h3-7,9-12,19,24,29H,8,13-18H2,1-2H3/t19-,24?/m0/s1. The summed E-state index contributed by atoms with van der Waals surface area (Å²) in [7, 11) is -3.48. The molecule has 32 heavy (non-hydrogen) atoms. The zero-order chi connectivity index (χ0) is 22.9. The van der Waals surface area contributed by atoms with E-state index >= 15 is 0 Å². The van der Waals surface area contributed by atoms with Crippen molar-refractivity contribution in [2.75, 3.05) is 13.1 Å². The van der Waals surface area contributed by atoms with Crippen LogP contribution in [0.3, 0.4) is 0 Å². The summed E-state index contributed by atoms with van der Waals surface area (Å²) in [4.78, 5) is 13.3. The van der Waals surface area contributed by atoms with E-state index in [0.717, 1.165) is 23.1 Å². The normalized spacial score (nSPS) is 25.4. The van der Waals surface area contributed by atoms with Crippen LogP contribution in [-0.4, -0.2) is 47.8 Å². The van der Waals surface area contributed by atoms with Gasteiger partial charge in [-0.3, -0.25) is 4.79 Å². The maximum atomic E-state index is 13.4. The minimum Gasteiger partial charge on any atom is -0.385 e.